The highest BCUT2D eigenvalue weighted by molar-refractivity contribution is 6.21. The highest BCUT2D eigenvalue weighted by Gasteiger charge is 2.39. The third kappa shape index (κ3) is 2.47. The molecule has 0 N–H and O–H groups in total. The molecule has 124 valence electrons. The summed E-state index contributed by atoms with van der Waals surface area (Å²) in [5.41, 5.74) is 0.660. The number of aromatic nitrogens is 2. The third-order valence-corrected chi connectivity index (χ3v) is 4.10. The molecule has 0 spiro atoms. The van der Waals surface area contributed by atoms with Crippen molar-refractivity contribution in [1.82, 2.24) is 14.8 Å². The molecule has 7 nitrogen and oxygen atoms in total. The molecule has 1 aliphatic rings. The van der Waals surface area contributed by atoms with E-state index in [0.717, 1.165) is 12.8 Å². The van der Waals surface area contributed by atoms with Gasteiger partial charge in [-0.15, -0.1) is 0 Å². The minimum Gasteiger partial charge on any atom is -0.323 e. The largest absolute Gasteiger partial charge is 0.381 e. The lowest BCUT2D eigenvalue weighted by atomic mass is 10.1. The van der Waals surface area contributed by atoms with Crippen LogP contribution >= 0.6 is 0 Å². The van der Waals surface area contributed by atoms with Gasteiger partial charge in [-0.2, -0.15) is 5.10 Å². The van der Waals surface area contributed by atoms with Crippen molar-refractivity contribution in [3.63, 3.8) is 0 Å². The number of carbonyl (C=O) groups excluding carboxylic acids is 3. The standard InChI is InChI=1S/C17H17N3O4/c1-3-11(4-2)19-14(9-10-18-19)17(23)24-20-15(21)12-7-5-6-8-13(12)16(20)22/h5-11H,3-4H2,1-2H3. The van der Waals surface area contributed by atoms with Crippen LogP contribution < -0.4 is 0 Å². The van der Waals surface area contributed by atoms with E-state index >= 15 is 0 Å². The molecule has 2 aromatic rings. The lowest BCUT2D eigenvalue weighted by molar-refractivity contribution is -0.0593. The monoisotopic (exact) mass is 327 g/mol. The van der Waals surface area contributed by atoms with Gasteiger partial charge in [0.05, 0.1) is 17.2 Å². The number of carbonyl (C=O) groups is 3. The summed E-state index contributed by atoms with van der Waals surface area (Å²) in [5, 5.41) is 4.67. The second kappa shape index (κ2) is 6.27. The molecular formula is C17H17N3O4. The van der Waals surface area contributed by atoms with Crippen molar-refractivity contribution in [2.75, 3.05) is 0 Å². The molecule has 2 heterocycles. The quantitative estimate of drug-likeness (QED) is 0.789. The summed E-state index contributed by atoms with van der Waals surface area (Å²) in [6, 6.07) is 7.91. The Morgan fingerprint density at radius 2 is 1.67 bits per heavy atom. The van der Waals surface area contributed by atoms with E-state index < -0.39 is 17.8 Å². The number of imide groups is 1. The van der Waals surface area contributed by atoms with Crippen LogP contribution in [0.15, 0.2) is 36.5 Å². The summed E-state index contributed by atoms with van der Waals surface area (Å²) >= 11 is 0. The molecule has 0 saturated carbocycles. The molecule has 0 radical (unpaired) electrons. The van der Waals surface area contributed by atoms with E-state index in [4.69, 9.17) is 4.84 Å². The number of benzene rings is 1. The highest BCUT2D eigenvalue weighted by Crippen LogP contribution is 2.24. The molecule has 0 aliphatic carbocycles. The molecule has 2 amide bonds. The van der Waals surface area contributed by atoms with Crippen LogP contribution in [0.25, 0.3) is 0 Å². The number of hydrogen-bond donors (Lipinski definition) is 0. The SMILES string of the molecule is CCC(CC)n1nccc1C(=O)ON1C(=O)c2ccccc2C1=O. The molecule has 3 rings (SSSR count). The molecule has 0 bridgehead atoms. The Bertz CT molecular complexity index is 773. The maximum absolute atomic E-state index is 12.4. The summed E-state index contributed by atoms with van der Waals surface area (Å²) in [5.74, 6) is -2.07. The zero-order chi connectivity index (χ0) is 17.3. The Kier molecular flexibility index (Phi) is 4.16. The van der Waals surface area contributed by atoms with Gasteiger partial charge in [-0.1, -0.05) is 31.0 Å². The van der Waals surface area contributed by atoms with Crippen molar-refractivity contribution in [2.45, 2.75) is 32.7 Å². The fraction of sp³-hybridized carbons (Fsp3) is 0.294. The molecule has 0 unspecified atom stereocenters. The molecule has 0 saturated heterocycles. The van der Waals surface area contributed by atoms with Gasteiger partial charge < -0.3 is 4.84 Å². The Labute approximate surface area is 138 Å². The van der Waals surface area contributed by atoms with Crippen molar-refractivity contribution in [3.05, 3.63) is 53.3 Å². The van der Waals surface area contributed by atoms with E-state index in [-0.39, 0.29) is 22.9 Å². The van der Waals surface area contributed by atoms with Gasteiger partial charge in [0, 0.05) is 6.20 Å². The zero-order valence-corrected chi connectivity index (χ0v) is 13.4. The van der Waals surface area contributed by atoms with Crippen molar-refractivity contribution >= 4 is 17.8 Å². The topological polar surface area (TPSA) is 81.5 Å². The van der Waals surface area contributed by atoms with Crippen LogP contribution in [0.3, 0.4) is 0 Å². The number of fused-ring (bicyclic) bond motifs is 1. The first-order chi connectivity index (χ1) is 11.6. The molecule has 7 heteroatoms. The maximum Gasteiger partial charge on any atom is 0.381 e. The van der Waals surface area contributed by atoms with Gasteiger partial charge in [-0.25, -0.2) is 4.79 Å². The van der Waals surface area contributed by atoms with E-state index in [1.54, 1.807) is 16.8 Å². The molecular weight excluding hydrogens is 310 g/mol. The number of rotatable bonds is 5. The van der Waals surface area contributed by atoms with Gasteiger partial charge in [0.1, 0.15) is 5.69 Å². The van der Waals surface area contributed by atoms with Crippen LogP contribution in [0.2, 0.25) is 0 Å². The zero-order valence-electron chi connectivity index (χ0n) is 13.4. The van der Waals surface area contributed by atoms with Crippen LogP contribution in [0.1, 0.15) is 63.9 Å². The van der Waals surface area contributed by atoms with E-state index in [0.29, 0.717) is 5.06 Å². The first-order valence-corrected chi connectivity index (χ1v) is 7.82. The Morgan fingerprint density at radius 1 is 1.08 bits per heavy atom. The summed E-state index contributed by atoms with van der Waals surface area (Å²) in [7, 11) is 0. The van der Waals surface area contributed by atoms with Crippen LogP contribution in [0, 0.1) is 0 Å². The first kappa shape index (κ1) is 15.9. The van der Waals surface area contributed by atoms with E-state index in [2.05, 4.69) is 5.10 Å². The van der Waals surface area contributed by atoms with Gasteiger partial charge in [0.2, 0.25) is 0 Å². The molecule has 0 atom stereocenters. The smallest absolute Gasteiger partial charge is 0.323 e. The fourth-order valence-electron chi connectivity index (χ4n) is 2.78. The molecule has 1 aromatic heterocycles. The van der Waals surface area contributed by atoms with Gasteiger partial charge in [-0.3, -0.25) is 14.3 Å². The minimum absolute atomic E-state index is 0.0460. The summed E-state index contributed by atoms with van der Waals surface area (Å²) < 4.78 is 1.57. The van der Waals surface area contributed by atoms with Gasteiger partial charge in [0.25, 0.3) is 11.8 Å². The lowest BCUT2D eigenvalue weighted by Crippen LogP contribution is -2.33. The van der Waals surface area contributed by atoms with Crippen LogP contribution in [-0.4, -0.2) is 32.6 Å². The average molecular weight is 327 g/mol. The van der Waals surface area contributed by atoms with Crippen LogP contribution in [0.4, 0.5) is 0 Å². The number of hydroxylamine groups is 2. The molecule has 1 aliphatic heterocycles. The summed E-state index contributed by atoms with van der Waals surface area (Å²) in [6.45, 7) is 3.99. The van der Waals surface area contributed by atoms with Crippen molar-refractivity contribution < 1.29 is 19.2 Å². The second-order valence-electron chi connectivity index (χ2n) is 5.46. The first-order valence-electron chi connectivity index (χ1n) is 7.82. The normalized spacial score (nSPS) is 13.5. The highest BCUT2D eigenvalue weighted by atomic mass is 16.7. The van der Waals surface area contributed by atoms with Crippen LogP contribution in [0.5, 0.6) is 0 Å². The Hall–Kier alpha value is -2.96. The fourth-order valence-corrected chi connectivity index (χ4v) is 2.78. The number of amides is 2. The Balaban J connectivity index is 1.84. The summed E-state index contributed by atoms with van der Waals surface area (Å²) in [4.78, 5) is 42.0. The predicted octanol–water partition coefficient (Wildman–Crippen LogP) is 2.61. The van der Waals surface area contributed by atoms with Crippen molar-refractivity contribution in [3.8, 4) is 0 Å². The molecule has 24 heavy (non-hydrogen) atoms. The third-order valence-electron chi connectivity index (χ3n) is 4.10. The van der Waals surface area contributed by atoms with E-state index in [9.17, 15) is 14.4 Å². The van der Waals surface area contributed by atoms with Crippen molar-refractivity contribution in [2.24, 2.45) is 0 Å². The maximum atomic E-state index is 12.4. The van der Waals surface area contributed by atoms with E-state index in [1.807, 2.05) is 13.8 Å². The van der Waals surface area contributed by atoms with Crippen LogP contribution in [-0.2, 0) is 4.84 Å². The number of nitrogens with zero attached hydrogens (tertiary/aromatic N) is 3. The Morgan fingerprint density at radius 3 is 2.21 bits per heavy atom. The van der Waals surface area contributed by atoms with E-state index in [1.165, 1.54) is 24.4 Å². The second-order valence-corrected chi connectivity index (χ2v) is 5.46. The predicted molar refractivity (Wildman–Crippen MR) is 84.2 cm³/mol. The van der Waals surface area contributed by atoms with Gasteiger partial charge in [-0.05, 0) is 31.0 Å². The van der Waals surface area contributed by atoms with Gasteiger partial charge in [0.15, 0.2) is 0 Å². The minimum atomic E-state index is -0.783. The van der Waals surface area contributed by atoms with Gasteiger partial charge >= 0.3 is 5.97 Å². The molecule has 0 fully saturated rings. The number of hydrogen-bond acceptors (Lipinski definition) is 5. The average Bonchev–Trinajstić information content (AvgIpc) is 3.16. The molecule has 1 aromatic carbocycles. The van der Waals surface area contributed by atoms with Crippen molar-refractivity contribution in [1.29, 1.82) is 0 Å². The lowest BCUT2D eigenvalue weighted by Gasteiger charge is -2.17. The summed E-state index contributed by atoms with van der Waals surface area (Å²) in [6.07, 6.45) is 3.09.